The first kappa shape index (κ1) is 12.2. The molecule has 4 saturated carbocycles. The van der Waals surface area contributed by atoms with Gasteiger partial charge in [-0.2, -0.15) is 0 Å². The largest absolute Gasteiger partial charge is 0.461 e. The monoisotopic (exact) mass is 348 g/mol. The first-order valence-corrected chi connectivity index (χ1v) is 8.26. The second kappa shape index (κ2) is 4.71. The predicted molar refractivity (Wildman–Crippen MR) is 75.0 cm³/mol. The van der Waals surface area contributed by atoms with Crippen LogP contribution in [0, 0.1) is 23.7 Å². The van der Waals surface area contributed by atoms with Gasteiger partial charge in [-0.3, -0.25) is 4.79 Å². The third-order valence-corrected chi connectivity index (χ3v) is 6.40. The van der Waals surface area contributed by atoms with Crippen molar-refractivity contribution in [2.45, 2.75) is 55.5 Å². The summed E-state index contributed by atoms with van der Waals surface area (Å²) < 4.78 is 5.88. The average Bonchev–Trinajstić information content (AvgIpc) is 2.31. The third-order valence-electron chi connectivity index (χ3n) is 5.01. The molecule has 0 amide bonds. The van der Waals surface area contributed by atoms with Crippen LogP contribution in [0.5, 0.6) is 0 Å². The molecule has 0 saturated heterocycles. The van der Waals surface area contributed by atoms with Crippen molar-refractivity contribution < 1.29 is 9.53 Å². The van der Waals surface area contributed by atoms with Gasteiger partial charge in [-0.05, 0) is 62.2 Å². The normalized spacial score (nSPS) is 44.7. The fourth-order valence-electron chi connectivity index (χ4n) is 4.44. The molecule has 0 aliphatic heterocycles. The summed E-state index contributed by atoms with van der Waals surface area (Å²) in [6.45, 7) is 2.05. The zero-order chi connectivity index (χ0) is 12.0. The number of alkyl halides is 1. The van der Waals surface area contributed by atoms with Crippen LogP contribution in [0.2, 0.25) is 0 Å². The van der Waals surface area contributed by atoms with Gasteiger partial charge in [0.25, 0.3) is 0 Å². The number of esters is 1. The van der Waals surface area contributed by atoms with Crippen LogP contribution in [0.25, 0.3) is 0 Å². The van der Waals surface area contributed by atoms with Crippen LogP contribution in [0.15, 0.2) is 0 Å². The highest BCUT2D eigenvalue weighted by atomic mass is 127. The van der Waals surface area contributed by atoms with Gasteiger partial charge in [-0.15, -0.1) is 0 Å². The molecule has 1 unspecified atom stereocenters. The predicted octanol–water partition coefficient (Wildman–Crippen LogP) is 3.57. The van der Waals surface area contributed by atoms with Crippen LogP contribution in [-0.2, 0) is 9.53 Å². The van der Waals surface area contributed by atoms with E-state index in [4.69, 9.17) is 4.74 Å². The van der Waals surface area contributed by atoms with E-state index in [0.29, 0.717) is 11.8 Å². The lowest BCUT2D eigenvalue weighted by molar-refractivity contribution is -0.169. The molecular weight excluding hydrogens is 327 g/mol. The molecule has 2 nitrogen and oxygen atoms in total. The highest BCUT2D eigenvalue weighted by molar-refractivity contribution is 14.1. The topological polar surface area (TPSA) is 26.3 Å². The van der Waals surface area contributed by atoms with Gasteiger partial charge < -0.3 is 4.74 Å². The molecule has 0 heterocycles. The Labute approximate surface area is 117 Å². The Balaban J connectivity index is 1.66. The van der Waals surface area contributed by atoms with Crippen molar-refractivity contribution >= 4 is 28.6 Å². The summed E-state index contributed by atoms with van der Waals surface area (Å²) in [6, 6.07) is 0. The van der Waals surface area contributed by atoms with Gasteiger partial charge >= 0.3 is 5.97 Å². The van der Waals surface area contributed by atoms with Crippen LogP contribution in [0.3, 0.4) is 0 Å². The van der Waals surface area contributed by atoms with Crippen LogP contribution in [0.4, 0.5) is 0 Å². The van der Waals surface area contributed by atoms with Crippen molar-refractivity contribution in [3.8, 4) is 0 Å². The zero-order valence-electron chi connectivity index (χ0n) is 10.4. The Morgan fingerprint density at radius 2 is 1.71 bits per heavy atom. The minimum Gasteiger partial charge on any atom is -0.461 e. The third kappa shape index (κ3) is 2.24. The lowest BCUT2D eigenvalue weighted by atomic mass is 9.55. The standard InChI is InChI=1S/C14H21IO2/c1-2-12(15)14(16)17-13-10-4-8-3-9(6-10)7-11(13)5-8/h8-13H,2-7H2,1H3. The molecule has 96 valence electrons. The molecule has 4 bridgehead atoms. The second-order valence-electron chi connectivity index (χ2n) is 6.21. The quantitative estimate of drug-likeness (QED) is 0.443. The molecule has 4 aliphatic rings. The van der Waals surface area contributed by atoms with E-state index < -0.39 is 0 Å². The first-order valence-electron chi connectivity index (χ1n) is 7.02. The van der Waals surface area contributed by atoms with Crippen LogP contribution in [-0.4, -0.2) is 16.0 Å². The molecule has 0 spiro atoms. The SMILES string of the molecule is CCC(I)C(=O)OC1C2CC3CC(C2)CC1C3. The van der Waals surface area contributed by atoms with Gasteiger partial charge in [-0.1, -0.05) is 29.5 Å². The number of hydrogen-bond donors (Lipinski definition) is 0. The summed E-state index contributed by atoms with van der Waals surface area (Å²) in [4.78, 5) is 11.9. The summed E-state index contributed by atoms with van der Waals surface area (Å²) in [5.74, 6) is 3.32. The minimum atomic E-state index is 0.0329. The number of ether oxygens (including phenoxy) is 1. The van der Waals surface area contributed by atoms with E-state index in [9.17, 15) is 4.79 Å². The Morgan fingerprint density at radius 1 is 1.18 bits per heavy atom. The molecule has 0 aromatic carbocycles. The van der Waals surface area contributed by atoms with Crippen LogP contribution < -0.4 is 0 Å². The Morgan fingerprint density at radius 3 is 2.18 bits per heavy atom. The second-order valence-corrected chi connectivity index (χ2v) is 7.71. The van der Waals surface area contributed by atoms with Gasteiger partial charge in [0.2, 0.25) is 0 Å². The van der Waals surface area contributed by atoms with Gasteiger partial charge in [0.15, 0.2) is 0 Å². The average molecular weight is 348 g/mol. The molecule has 4 rings (SSSR count). The molecule has 3 heteroatoms. The maximum absolute atomic E-state index is 11.9. The maximum atomic E-state index is 11.9. The molecule has 1 atom stereocenters. The molecule has 17 heavy (non-hydrogen) atoms. The molecule has 0 radical (unpaired) electrons. The zero-order valence-corrected chi connectivity index (χ0v) is 12.6. The Hall–Kier alpha value is 0.200. The van der Waals surface area contributed by atoms with Crippen molar-refractivity contribution in [1.29, 1.82) is 0 Å². The Bertz CT molecular complexity index is 287. The molecule has 0 aromatic rings. The summed E-state index contributed by atoms with van der Waals surface area (Å²) in [7, 11) is 0. The number of rotatable bonds is 3. The van der Waals surface area contributed by atoms with Crippen LogP contribution in [0.1, 0.15) is 45.4 Å². The Kier molecular flexibility index (Phi) is 3.39. The maximum Gasteiger partial charge on any atom is 0.319 e. The van der Waals surface area contributed by atoms with Crippen molar-refractivity contribution in [3.05, 3.63) is 0 Å². The number of halogens is 1. The summed E-state index contributed by atoms with van der Waals surface area (Å²) in [5, 5.41) is 0. The number of carbonyl (C=O) groups is 1. The van der Waals surface area contributed by atoms with E-state index in [0.717, 1.165) is 18.3 Å². The van der Waals surface area contributed by atoms with E-state index in [-0.39, 0.29) is 16.0 Å². The molecule has 0 N–H and O–H groups in total. The summed E-state index contributed by atoms with van der Waals surface area (Å²) >= 11 is 2.21. The van der Waals surface area contributed by atoms with Gasteiger partial charge in [0.1, 0.15) is 10.0 Å². The molecular formula is C14H21IO2. The van der Waals surface area contributed by atoms with Gasteiger partial charge in [-0.25, -0.2) is 0 Å². The summed E-state index contributed by atoms with van der Waals surface area (Å²) in [6.07, 6.45) is 7.89. The molecule has 0 aromatic heterocycles. The van der Waals surface area contributed by atoms with Crippen molar-refractivity contribution in [1.82, 2.24) is 0 Å². The van der Waals surface area contributed by atoms with E-state index in [1.165, 1.54) is 32.1 Å². The lowest BCUT2D eigenvalue weighted by Gasteiger charge is -2.53. The fourth-order valence-corrected chi connectivity index (χ4v) is 4.59. The van der Waals surface area contributed by atoms with E-state index in [2.05, 4.69) is 29.5 Å². The summed E-state index contributed by atoms with van der Waals surface area (Å²) in [5.41, 5.74) is 0. The van der Waals surface area contributed by atoms with Gasteiger partial charge in [0.05, 0.1) is 0 Å². The van der Waals surface area contributed by atoms with Crippen molar-refractivity contribution in [3.63, 3.8) is 0 Å². The smallest absolute Gasteiger partial charge is 0.319 e. The fraction of sp³-hybridized carbons (Fsp3) is 0.929. The molecule has 4 fully saturated rings. The molecule has 4 aliphatic carbocycles. The first-order chi connectivity index (χ1) is 8.17. The highest BCUT2D eigenvalue weighted by Crippen LogP contribution is 2.54. The van der Waals surface area contributed by atoms with E-state index in [1.54, 1.807) is 0 Å². The number of carbonyl (C=O) groups excluding carboxylic acids is 1. The minimum absolute atomic E-state index is 0.0329. The van der Waals surface area contributed by atoms with E-state index >= 15 is 0 Å². The van der Waals surface area contributed by atoms with Gasteiger partial charge in [0, 0.05) is 0 Å². The van der Waals surface area contributed by atoms with Crippen molar-refractivity contribution in [2.75, 3.05) is 0 Å². The van der Waals surface area contributed by atoms with Crippen LogP contribution >= 0.6 is 22.6 Å². The lowest BCUT2D eigenvalue weighted by Crippen LogP contribution is -2.50. The van der Waals surface area contributed by atoms with Crippen molar-refractivity contribution in [2.24, 2.45) is 23.7 Å². The number of hydrogen-bond acceptors (Lipinski definition) is 2. The highest BCUT2D eigenvalue weighted by Gasteiger charge is 2.50. The van der Waals surface area contributed by atoms with E-state index in [1.807, 2.05) is 0 Å².